The van der Waals surface area contributed by atoms with E-state index in [1.807, 2.05) is 30.0 Å². The van der Waals surface area contributed by atoms with Gasteiger partial charge in [-0.2, -0.15) is 0 Å². The van der Waals surface area contributed by atoms with Crippen LogP contribution in [0.5, 0.6) is 0 Å². The molecule has 0 radical (unpaired) electrons. The second-order valence-electron chi connectivity index (χ2n) is 7.08. The first kappa shape index (κ1) is 18.3. The van der Waals surface area contributed by atoms with Gasteiger partial charge in [-0.1, -0.05) is 23.3 Å². The molecule has 4 nitrogen and oxygen atoms in total. The van der Waals surface area contributed by atoms with Crippen molar-refractivity contribution in [2.75, 3.05) is 38.0 Å². The largest absolute Gasteiger partial charge is 0.322 e. The van der Waals surface area contributed by atoms with E-state index in [0.717, 1.165) is 44.0 Å². The fourth-order valence-electron chi connectivity index (χ4n) is 3.57. The Morgan fingerprint density at radius 2 is 2.00 bits per heavy atom. The molecule has 0 spiro atoms. The molecule has 1 fully saturated rings. The molecule has 0 atom stereocenters. The number of amides is 2. The summed E-state index contributed by atoms with van der Waals surface area (Å²) in [6.07, 6.45) is 8.86. The third kappa shape index (κ3) is 5.23. The number of halogens is 1. The molecule has 0 aromatic heterocycles. The van der Waals surface area contributed by atoms with Crippen LogP contribution in [0.25, 0.3) is 0 Å². The number of nitrogens with one attached hydrogen (secondary N) is 1. The number of carbonyl (C=O) groups is 1. The maximum Gasteiger partial charge on any atom is 0.321 e. The summed E-state index contributed by atoms with van der Waals surface area (Å²) in [7, 11) is 0. The van der Waals surface area contributed by atoms with Crippen LogP contribution in [-0.4, -0.2) is 48.6 Å². The van der Waals surface area contributed by atoms with Crippen molar-refractivity contribution in [1.82, 2.24) is 9.80 Å². The number of aryl methyl sites for hydroxylation is 1. The number of rotatable bonds is 4. The average Bonchev–Trinajstić information content (AvgIpc) is 2.63. The minimum Gasteiger partial charge on any atom is -0.322 e. The number of anilines is 1. The number of carbonyl (C=O) groups excluding carboxylic acids is 1. The molecule has 2 amide bonds. The van der Waals surface area contributed by atoms with E-state index in [1.165, 1.54) is 32.1 Å². The number of allylic oxidation sites excluding steroid dienone is 1. The normalized spacial score (nSPS) is 18.8. The number of hydrogen-bond donors (Lipinski definition) is 1. The topological polar surface area (TPSA) is 35.6 Å². The summed E-state index contributed by atoms with van der Waals surface area (Å²) in [6.45, 7) is 6.58. The van der Waals surface area contributed by atoms with E-state index in [4.69, 9.17) is 11.6 Å². The standard InChI is InChI=1S/C20H28ClN3O/c1-16-15-18(21)7-8-19(16)22-20(25)24-13-11-23(12-14-24)10-9-17-5-3-2-4-6-17/h5,7-8,15H,2-4,6,9-14H2,1H3,(H,22,25). The highest BCUT2D eigenvalue weighted by atomic mass is 35.5. The van der Waals surface area contributed by atoms with Crippen molar-refractivity contribution in [2.45, 2.75) is 39.0 Å². The Kier molecular flexibility index (Phi) is 6.38. The summed E-state index contributed by atoms with van der Waals surface area (Å²) in [5.41, 5.74) is 3.45. The van der Waals surface area contributed by atoms with Crippen molar-refractivity contribution in [3.05, 3.63) is 40.4 Å². The quantitative estimate of drug-likeness (QED) is 0.790. The molecular formula is C20H28ClN3O. The van der Waals surface area contributed by atoms with Gasteiger partial charge in [0.25, 0.3) is 0 Å². The Morgan fingerprint density at radius 1 is 1.20 bits per heavy atom. The van der Waals surface area contributed by atoms with E-state index in [0.29, 0.717) is 5.02 Å². The molecule has 2 aliphatic rings. The van der Waals surface area contributed by atoms with Crippen molar-refractivity contribution in [2.24, 2.45) is 0 Å². The highest BCUT2D eigenvalue weighted by Crippen LogP contribution is 2.21. The predicted octanol–water partition coefficient (Wildman–Crippen LogP) is 4.69. The van der Waals surface area contributed by atoms with Crippen molar-refractivity contribution in [3.63, 3.8) is 0 Å². The molecule has 1 N–H and O–H groups in total. The van der Waals surface area contributed by atoms with Gasteiger partial charge in [0.15, 0.2) is 0 Å². The Balaban J connectivity index is 1.43. The molecule has 5 heteroatoms. The van der Waals surface area contributed by atoms with Crippen LogP contribution in [-0.2, 0) is 0 Å². The van der Waals surface area contributed by atoms with E-state index in [-0.39, 0.29) is 6.03 Å². The lowest BCUT2D eigenvalue weighted by atomic mass is 9.97. The van der Waals surface area contributed by atoms with Gasteiger partial charge in [0.2, 0.25) is 0 Å². The molecule has 1 heterocycles. The van der Waals surface area contributed by atoms with E-state index in [1.54, 1.807) is 5.57 Å². The molecule has 0 bridgehead atoms. The van der Waals surface area contributed by atoms with Gasteiger partial charge >= 0.3 is 6.03 Å². The SMILES string of the molecule is Cc1cc(Cl)ccc1NC(=O)N1CCN(CCC2=CCCCC2)CC1. The first-order valence-corrected chi connectivity index (χ1v) is 9.72. The lowest BCUT2D eigenvalue weighted by Gasteiger charge is -2.35. The van der Waals surface area contributed by atoms with Crippen LogP contribution in [0.2, 0.25) is 5.02 Å². The fraction of sp³-hybridized carbons (Fsp3) is 0.550. The molecule has 0 saturated carbocycles. The zero-order valence-corrected chi connectivity index (χ0v) is 15.8. The highest BCUT2D eigenvalue weighted by Gasteiger charge is 2.21. The maximum atomic E-state index is 12.5. The first-order valence-electron chi connectivity index (χ1n) is 9.34. The van der Waals surface area contributed by atoms with Gasteiger partial charge in [-0.15, -0.1) is 0 Å². The summed E-state index contributed by atoms with van der Waals surface area (Å²) in [4.78, 5) is 16.9. The number of urea groups is 1. The number of piperazine rings is 1. The Morgan fingerprint density at radius 3 is 2.68 bits per heavy atom. The average molecular weight is 362 g/mol. The van der Waals surface area contributed by atoms with E-state index >= 15 is 0 Å². The molecule has 136 valence electrons. The molecule has 1 aromatic carbocycles. The van der Waals surface area contributed by atoms with E-state index < -0.39 is 0 Å². The van der Waals surface area contributed by atoms with Gasteiger partial charge < -0.3 is 10.2 Å². The molecule has 0 unspecified atom stereocenters. The van der Waals surface area contributed by atoms with Crippen molar-refractivity contribution in [3.8, 4) is 0 Å². The molecule has 1 aromatic rings. The van der Waals surface area contributed by atoms with Crippen LogP contribution in [0, 0.1) is 6.92 Å². The van der Waals surface area contributed by atoms with Crippen LogP contribution in [0.4, 0.5) is 10.5 Å². The van der Waals surface area contributed by atoms with Gasteiger partial charge in [0.05, 0.1) is 0 Å². The second-order valence-corrected chi connectivity index (χ2v) is 7.51. The Hall–Kier alpha value is -1.52. The highest BCUT2D eigenvalue weighted by molar-refractivity contribution is 6.30. The van der Waals surface area contributed by atoms with Crippen LogP contribution < -0.4 is 5.32 Å². The van der Waals surface area contributed by atoms with Crippen LogP contribution in [0.3, 0.4) is 0 Å². The van der Waals surface area contributed by atoms with Crippen molar-refractivity contribution < 1.29 is 4.79 Å². The van der Waals surface area contributed by atoms with Crippen LogP contribution in [0.1, 0.15) is 37.7 Å². The second kappa shape index (κ2) is 8.72. The number of benzene rings is 1. The monoisotopic (exact) mass is 361 g/mol. The summed E-state index contributed by atoms with van der Waals surface area (Å²) in [5, 5.41) is 3.70. The molecule has 1 aliphatic carbocycles. The summed E-state index contributed by atoms with van der Waals surface area (Å²) >= 11 is 5.97. The Labute approximate surface area is 155 Å². The van der Waals surface area contributed by atoms with E-state index in [9.17, 15) is 4.79 Å². The van der Waals surface area contributed by atoms with Crippen molar-refractivity contribution >= 4 is 23.3 Å². The fourth-order valence-corrected chi connectivity index (χ4v) is 3.80. The van der Waals surface area contributed by atoms with Crippen molar-refractivity contribution in [1.29, 1.82) is 0 Å². The molecule has 1 saturated heterocycles. The molecule has 3 rings (SSSR count). The lowest BCUT2D eigenvalue weighted by molar-refractivity contribution is 0.148. The van der Waals surface area contributed by atoms with Gasteiger partial charge in [0, 0.05) is 43.4 Å². The predicted molar refractivity (Wildman–Crippen MR) is 104 cm³/mol. The van der Waals surface area contributed by atoms with Gasteiger partial charge in [-0.25, -0.2) is 4.79 Å². The van der Waals surface area contributed by atoms with E-state index in [2.05, 4.69) is 16.3 Å². The summed E-state index contributed by atoms with van der Waals surface area (Å²) in [5.74, 6) is 0. The Bertz CT molecular complexity index is 636. The zero-order chi connectivity index (χ0) is 17.6. The maximum absolute atomic E-state index is 12.5. The van der Waals surface area contributed by atoms with Crippen LogP contribution in [0.15, 0.2) is 29.8 Å². The smallest absolute Gasteiger partial charge is 0.321 e. The first-order chi connectivity index (χ1) is 12.1. The minimum atomic E-state index is -0.0138. The summed E-state index contributed by atoms with van der Waals surface area (Å²) < 4.78 is 0. The van der Waals surface area contributed by atoms with Gasteiger partial charge in [0.1, 0.15) is 0 Å². The number of hydrogen-bond acceptors (Lipinski definition) is 2. The van der Waals surface area contributed by atoms with Gasteiger partial charge in [-0.05, 0) is 62.8 Å². The zero-order valence-electron chi connectivity index (χ0n) is 15.1. The lowest BCUT2D eigenvalue weighted by Crippen LogP contribution is -2.50. The number of nitrogens with zero attached hydrogens (tertiary/aromatic N) is 2. The third-order valence-corrected chi connectivity index (χ3v) is 5.46. The third-order valence-electron chi connectivity index (χ3n) is 5.22. The van der Waals surface area contributed by atoms with Crippen LogP contribution >= 0.6 is 11.6 Å². The van der Waals surface area contributed by atoms with Gasteiger partial charge in [-0.3, -0.25) is 4.90 Å². The molecular weight excluding hydrogens is 334 g/mol. The molecule has 25 heavy (non-hydrogen) atoms. The minimum absolute atomic E-state index is 0.0138. The molecule has 1 aliphatic heterocycles. The summed E-state index contributed by atoms with van der Waals surface area (Å²) in [6, 6.07) is 5.53.